The number of sulfone groups is 1. The van der Waals surface area contributed by atoms with E-state index in [9.17, 15) is 8.42 Å². The van der Waals surface area contributed by atoms with Crippen LogP contribution in [-0.2, 0) is 9.84 Å². The Morgan fingerprint density at radius 2 is 1.78 bits per heavy atom. The molecule has 18 heavy (non-hydrogen) atoms. The summed E-state index contributed by atoms with van der Waals surface area (Å²) < 4.78 is 24.6. The van der Waals surface area contributed by atoms with Crippen LogP contribution in [0.4, 0.5) is 0 Å². The molecule has 1 aliphatic rings. The van der Waals surface area contributed by atoms with Gasteiger partial charge >= 0.3 is 0 Å². The standard InChI is InChI=1S/C14H21NO2S/c1-13(2,10-14(15)8-9-14)11-18(16,17)12-6-4-3-5-7-12/h3-7H,8-11,15H2,1-2H3. The fourth-order valence-electron chi connectivity index (χ4n) is 2.57. The molecule has 2 N–H and O–H groups in total. The number of benzene rings is 1. The lowest BCUT2D eigenvalue weighted by Gasteiger charge is -2.27. The second-order valence-corrected chi connectivity index (χ2v) is 8.27. The first-order valence-electron chi connectivity index (χ1n) is 6.29. The minimum absolute atomic E-state index is 0.115. The minimum atomic E-state index is -3.22. The van der Waals surface area contributed by atoms with Gasteiger partial charge in [0.1, 0.15) is 0 Å². The molecule has 1 aliphatic carbocycles. The van der Waals surface area contributed by atoms with Crippen LogP contribution < -0.4 is 5.73 Å². The fourth-order valence-corrected chi connectivity index (χ4v) is 4.44. The molecule has 3 nitrogen and oxygen atoms in total. The van der Waals surface area contributed by atoms with Gasteiger partial charge in [-0.2, -0.15) is 0 Å². The van der Waals surface area contributed by atoms with Crippen LogP contribution in [-0.4, -0.2) is 19.7 Å². The van der Waals surface area contributed by atoms with Crippen molar-refractivity contribution in [2.75, 3.05) is 5.75 Å². The molecule has 0 atom stereocenters. The van der Waals surface area contributed by atoms with Crippen molar-refractivity contribution in [2.45, 2.75) is 43.5 Å². The van der Waals surface area contributed by atoms with Crippen molar-refractivity contribution in [3.8, 4) is 0 Å². The summed E-state index contributed by atoms with van der Waals surface area (Å²) in [4.78, 5) is 0.403. The molecule has 1 fully saturated rings. The van der Waals surface area contributed by atoms with Crippen LogP contribution in [0, 0.1) is 5.41 Å². The molecule has 4 heteroatoms. The zero-order valence-electron chi connectivity index (χ0n) is 11.0. The van der Waals surface area contributed by atoms with Gasteiger partial charge in [-0.15, -0.1) is 0 Å². The Kier molecular flexibility index (Phi) is 3.28. The van der Waals surface area contributed by atoms with E-state index in [0.29, 0.717) is 4.90 Å². The van der Waals surface area contributed by atoms with Crippen molar-refractivity contribution < 1.29 is 8.42 Å². The van der Waals surface area contributed by atoms with Crippen LogP contribution in [0.1, 0.15) is 33.1 Å². The van der Waals surface area contributed by atoms with Crippen molar-refractivity contribution >= 4 is 9.84 Å². The summed E-state index contributed by atoms with van der Waals surface area (Å²) in [6.07, 6.45) is 2.80. The summed E-state index contributed by atoms with van der Waals surface area (Å²) in [5, 5.41) is 0. The highest BCUT2D eigenvalue weighted by molar-refractivity contribution is 7.91. The lowest BCUT2D eigenvalue weighted by molar-refractivity contribution is 0.331. The molecule has 1 aromatic carbocycles. The van der Waals surface area contributed by atoms with E-state index >= 15 is 0 Å². The summed E-state index contributed by atoms with van der Waals surface area (Å²) in [6, 6.07) is 8.64. The molecule has 1 aromatic rings. The summed E-state index contributed by atoms with van der Waals surface area (Å²) in [7, 11) is -3.22. The first-order valence-corrected chi connectivity index (χ1v) is 7.95. The Labute approximate surface area is 109 Å². The molecule has 0 aliphatic heterocycles. The fraction of sp³-hybridized carbons (Fsp3) is 0.571. The zero-order valence-corrected chi connectivity index (χ0v) is 11.8. The molecular formula is C14H21NO2S. The van der Waals surface area contributed by atoms with E-state index in [-0.39, 0.29) is 16.7 Å². The Balaban J connectivity index is 2.12. The second-order valence-electron chi connectivity index (χ2n) is 6.28. The molecule has 0 radical (unpaired) electrons. The first kappa shape index (κ1) is 13.6. The van der Waals surface area contributed by atoms with Crippen LogP contribution in [0.25, 0.3) is 0 Å². The van der Waals surface area contributed by atoms with E-state index in [4.69, 9.17) is 5.73 Å². The van der Waals surface area contributed by atoms with E-state index in [0.717, 1.165) is 19.3 Å². The highest BCUT2D eigenvalue weighted by Gasteiger charge is 2.43. The van der Waals surface area contributed by atoms with Crippen molar-refractivity contribution in [3.05, 3.63) is 30.3 Å². The van der Waals surface area contributed by atoms with Crippen LogP contribution in [0.2, 0.25) is 0 Å². The van der Waals surface area contributed by atoms with Crippen LogP contribution >= 0.6 is 0 Å². The average Bonchev–Trinajstić information content (AvgIpc) is 2.94. The summed E-state index contributed by atoms with van der Waals surface area (Å²) in [5.74, 6) is 0.156. The van der Waals surface area contributed by atoms with Gasteiger partial charge in [-0.05, 0) is 36.8 Å². The molecule has 2 rings (SSSR count). The average molecular weight is 267 g/mol. The van der Waals surface area contributed by atoms with Crippen molar-refractivity contribution in [1.82, 2.24) is 0 Å². The van der Waals surface area contributed by atoms with Gasteiger partial charge in [0.05, 0.1) is 10.6 Å². The van der Waals surface area contributed by atoms with Gasteiger partial charge in [-0.25, -0.2) is 8.42 Å². The maximum absolute atomic E-state index is 12.3. The van der Waals surface area contributed by atoms with Gasteiger partial charge in [0.15, 0.2) is 9.84 Å². The van der Waals surface area contributed by atoms with Crippen molar-refractivity contribution in [1.29, 1.82) is 0 Å². The van der Waals surface area contributed by atoms with Gasteiger partial charge in [-0.3, -0.25) is 0 Å². The van der Waals surface area contributed by atoms with Crippen LogP contribution in [0.15, 0.2) is 35.2 Å². The molecule has 0 heterocycles. The Bertz CT molecular complexity index is 516. The molecule has 100 valence electrons. The van der Waals surface area contributed by atoms with E-state index < -0.39 is 9.84 Å². The third-order valence-corrected chi connectivity index (χ3v) is 5.56. The van der Waals surface area contributed by atoms with Gasteiger partial charge in [0.25, 0.3) is 0 Å². The lowest BCUT2D eigenvalue weighted by atomic mass is 9.87. The van der Waals surface area contributed by atoms with Gasteiger partial charge in [0, 0.05) is 5.54 Å². The molecule has 0 bridgehead atoms. The van der Waals surface area contributed by atoms with Gasteiger partial charge in [-0.1, -0.05) is 32.0 Å². The molecule has 0 aromatic heterocycles. The Morgan fingerprint density at radius 1 is 1.22 bits per heavy atom. The minimum Gasteiger partial charge on any atom is -0.325 e. The highest BCUT2D eigenvalue weighted by atomic mass is 32.2. The summed E-state index contributed by atoms with van der Waals surface area (Å²) in [5.41, 5.74) is 5.70. The topological polar surface area (TPSA) is 60.2 Å². The second kappa shape index (κ2) is 4.35. The largest absolute Gasteiger partial charge is 0.325 e. The third-order valence-electron chi connectivity index (χ3n) is 3.41. The van der Waals surface area contributed by atoms with Crippen LogP contribution in [0.5, 0.6) is 0 Å². The van der Waals surface area contributed by atoms with Gasteiger partial charge < -0.3 is 5.73 Å². The molecule has 0 spiro atoms. The lowest BCUT2D eigenvalue weighted by Crippen LogP contribution is -2.34. The number of hydrogen-bond acceptors (Lipinski definition) is 3. The first-order chi connectivity index (χ1) is 8.23. The van der Waals surface area contributed by atoms with Gasteiger partial charge in [0.2, 0.25) is 0 Å². The molecule has 0 unspecified atom stereocenters. The highest BCUT2D eigenvalue weighted by Crippen LogP contribution is 2.43. The Morgan fingerprint density at radius 3 is 2.28 bits per heavy atom. The summed E-state index contributed by atoms with van der Waals surface area (Å²) in [6.45, 7) is 3.97. The van der Waals surface area contributed by atoms with E-state index in [1.165, 1.54) is 0 Å². The predicted molar refractivity (Wildman–Crippen MR) is 73.0 cm³/mol. The molecule has 0 saturated heterocycles. The smallest absolute Gasteiger partial charge is 0.178 e. The van der Waals surface area contributed by atoms with Crippen molar-refractivity contribution in [3.63, 3.8) is 0 Å². The van der Waals surface area contributed by atoms with E-state index in [1.807, 2.05) is 19.9 Å². The monoisotopic (exact) mass is 267 g/mol. The zero-order chi connectivity index (χ0) is 13.4. The normalized spacial score (nSPS) is 18.6. The predicted octanol–water partition coefficient (Wildman–Crippen LogP) is 2.37. The maximum atomic E-state index is 12.3. The SMILES string of the molecule is CC(C)(CC1(N)CC1)CS(=O)(=O)c1ccccc1. The Hall–Kier alpha value is -0.870. The summed E-state index contributed by atoms with van der Waals surface area (Å²) >= 11 is 0. The van der Waals surface area contributed by atoms with E-state index in [2.05, 4.69) is 0 Å². The molecule has 0 amide bonds. The quantitative estimate of drug-likeness (QED) is 0.891. The molecule has 1 saturated carbocycles. The maximum Gasteiger partial charge on any atom is 0.178 e. The van der Waals surface area contributed by atoms with E-state index in [1.54, 1.807) is 24.3 Å². The van der Waals surface area contributed by atoms with Crippen LogP contribution in [0.3, 0.4) is 0 Å². The van der Waals surface area contributed by atoms with Crippen molar-refractivity contribution in [2.24, 2.45) is 11.1 Å². The number of hydrogen-bond donors (Lipinski definition) is 1. The number of nitrogens with two attached hydrogens (primary N) is 1. The molecular weight excluding hydrogens is 246 g/mol. The number of rotatable bonds is 5. The third kappa shape index (κ3) is 3.33.